The van der Waals surface area contributed by atoms with Gasteiger partial charge in [-0.05, 0) is 63.3 Å². The van der Waals surface area contributed by atoms with Crippen molar-refractivity contribution in [2.45, 2.75) is 70.1 Å². The van der Waals surface area contributed by atoms with E-state index in [1.807, 2.05) is 24.3 Å². The summed E-state index contributed by atoms with van der Waals surface area (Å²) in [5.41, 5.74) is 0.925. The molecule has 2 saturated heterocycles. The number of hydrogen-bond donors (Lipinski definition) is 2. The summed E-state index contributed by atoms with van der Waals surface area (Å²) >= 11 is 0. The quantitative estimate of drug-likeness (QED) is 0.341. The number of benzene rings is 1. The molecule has 2 fully saturated rings. The highest BCUT2D eigenvalue weighted by molar-refractivity contribution is 5.80. The summed E-state index contributed by atoms with van der Waals surface area (Å²) in [6.45, 7) is 3.76. The Hall–Kier alpha value is -2.61. The van der Waals surface area contributed by atoms with Crippen LogP contribution in [-0.2, 0) is 11.2 Å². The van der Waals surface area contributed by atoms with E-state index in [0.29, 0.717) is 30.0 Å². The van der Waals surface area contributed by atoms with E-state index in [4.69, 9.17) is 19.0 Å². The van der Waals surface area contributed by atoms with Gasteiger partial charge in [-0.1, -0.05) is 11.6 Å². The maximum absolute atomic E-state index is 5.93. The van der Waals surface area contributed by atoms with E-state index in [2.05, 4.69) is 27.7 Å². The molecule has 4 rings (SSSR count). The van der Waals surface area contributed by atoms with Gasteiger partial charge >= 0.3 is 0 Å². The van der Waals surface area contributed by atoms with E-state index in [0.717, 1.165) is 68.9 Å². The Bertz CT molecular complexity index is 851. The molecular weight excluding hydrogens is 394 g/mol. The standard InChI is InChI=1S/C23H33N5O3/c1-3-24-23(26-19-15-18-12-13-20(19)30-18)25-14-6-4-5-7-21-27-22(28-31-21)16-8-10-17(29-2)11-9-16/h8-11,18-20H,3-7,12-15H2,1-2H3,(H2,24,25,26). The zero-order valence-electron chi connectivity index (χ0n) is 18.5. The van der Waals surface area contributed by atoms with E-state index in [1.54, 1.807) is 7.11 Å². The fourth-order valence-corrected chi connectivity index (χ4v) is 4.25. The minimum Gasteiger partial charge on any atom is -0.497 e. The first-order valence-corrected chi connectivity index (χ1v) is 11.4. The van der Waals surface area contributed by atoms with Gasteiger partial charge in [0.05, 0.1) is 25.4 Å². The van der Waals surface area contributed by atoms with Gasteiger partial charge in [0, 0.05) is 25.1 Å². The lowest BCUT2D eigenvalue weighted by Gasteiger charge is -2.22. The lowest BCUT2D eigenvalue weighted by Crippen LogP contribution is -2.47. The van der Waals surface area contributed by atoms with Gasteiger partial charge in [-0.3, -0.25) is 4.99 Å². The maximum Gasteiger partial charge on any atom is 0.226 e. The van der Waals surface area contributed by atoms with Crippen LogP contribution in [0.15, 0.2) is 33.8 Å². The predicted molar refractivity (Wildman–Crippen MR) is 119 cm³/mol. The van der Waals surface area contributed by atoms with Gasteiger partial charge in [0.25, 0.3) is 0 Å². The molecular formula is C23H33N5O3. The van der Waals surface area contributed by atoms with Crippen molar-refractivity contribution in [1.82, 2.24) is 20.8 Å². The molecule has 2 bridgehead atoms. The molecule has 2 N–H and O–H groups in total. The van der Waals surface area contributed by atoms with Gasteiger partial charge in [-0.25, -0.2) is 0 Å². The molecule has 1 aromatic carbocycles. The molecule has 1 aromatic heterocycles. The fraction of sp³-hybridized carbons (Fsp3) is 0.609. The van der Waals surface area contributed by atoms with Crippen molar-refractivity contribution in [3.63, 3.8) is 0 Å². The molecule has 0 aliphatic carbocycles. The molecule has 2 aliphatic heterocycles. The third kappa shape index (κ3) is 5.76. The second-order valence-corrected chi connectivity index (χ2v) is 8.17. The van der Waals surface area contributed by atoms with Crippen molar-refractivity contribution >= 4 is 5.96 Å². The lowest BCUT2D eigenvalue weighted by atomic mass is 9.96. The van der Waals surface area contributed by atoms with Gasteiger partial charge < -0.3 is 24.6 Å². The van der Waals surface area contributed by atoms with Crippen molar-refractivity contribution < 1.29 is 14.0 Å². The largest absolute Gasteiger partial charge is 0.497 e. The molecule has 0 radical (unpaired) electrons. The summed E-state index contributed by atoms with van der Waals surface area (Å²) < 4.78 is 16.5. The molecule has 2 aromatic rings. The number of aryl methyl sites for hydroxylation is 1. The van der Waals surface area contributed by atoms with Crippen molar-refractivity contribution in [3.8, 4) is 17.1 Å². The summed E-state index contributed by atoms with van der Waals surface area (Å²) in [6.07, 6.45) is 8.15. The minimum absolute atomic E-state index is 0.353. The summed E-state index contributed by atoms with van der Waals surface area (Å²) in [5, 5.41) is 11.0. The number of nitrogens with zero attached hydrogens (tertiary/aromatic N) is 3. The monoisotopic (exact) mass is 427 g/mol. The van der Waals surface area contributed by atoms with Crippen molar-refractivity contribution in [3.05, 3.63) is 30.2 Å². The second-order valence-electron chi connectivity index (χ2n) is 8.17. The topological polar surface area (TPSA) is 93.8 Å². The van der Waals surface area contributed by atoms with Crippen molar-refractivity contribution in [2.24, 2.45) is 4.99 Å². The summed E-state index contributed by atoms with van der Waals surface area (Å²) in [4.78, 5) is 9.24. The van der Waals surface area contributed by atoms with Crippen LogP contribution < -0.4 is 15.4 Å². The Morgan fingerprint density at radius 2 is 2.06 bits per heavy atom. The second kappa shape index (κ2) is 10.6. The Morgan fingerprint density at radius 1 is 1.19 bits per heavy atom. The first-order chi connectivity index (χ1) is 15.2. The number of fused-ring (bicyclic) bond motifs is 2. The summed E-state index contributed by atoms with van der Waals surface area (Å²) in [7, 11) is 1.65. The van der Waals surface area contributed by atoms with Crippen molar-refractivity contribution in [1.29, 1.82) is 0 Å². The number of aromatic nitrogens is 2. The van der Waals surface area contributed by atoms with Crippen LogP contribution in [-0.4, -0.2) is 54.5 Å². The number of rotatable bonds is 10. The third-order valence-corrected chi connectivity index (χ3v) is 5.91. The fourth-order valence-electron chi connectivity index (χ4n) is 4.25. The van der Waals surface area contributed by atoms with Gasteiger partial charge in [-0.15, -0.1) is 0 Å². The number of unbranched alkanes of at least 4 members (excludes halogenated alkanes) is 2. The number of guanidine groups is 1. The van der Waals surface area contributed by atoms with Crippen LogP contribution in [0.3, 0.4) is 0 Å². The summed E-state index contributed by atoms with van der Waals surface area (Å²) in [6, 6.07) is 8.06. The van der Waals surface area contributed by atoms with Gasteiger partial charge in [0.2, 0.25) is 11.7 Å². The van der Waals surface area contributed by atoms with Crippen LogP contribution in [0.2, 0.25) is 0 Å². The average Bonchev–Trinajstić information content (AvgIpc) is 3.54. The first kappa shape index (κ1) is 21.6. The SMILES string of the molecule is CCNC(=NCCCCCc1nc(-c2ccc(OC)cc2)no1)NC1CC2CCC1O2. The van der Waals surface area contributed by atoms with Crippen LogP contribution in [0.25, 0.3) is 11.4 Å². The molecule has 31 heavy (non-hydrogen) atoms. The minimum atomic E-state index is 0.353. The molecule has 3 unspecified atom stereocenters. The molecule has 0 amide bonds. The smallest absolute Gasteiger partial charge is 0.226 e. The Kier molecular flexibility index (Phi) is 7.40. The maximum atomic E-state index is 5.93. The van der Waals surface area contributed by atoms with Crippen molar-refractivity contribution in [2.75, 3.05) is 20.2 Å². The number of aliphatic imine (C=N–C) groups is 1. The molecule has 2 aliphatic rings. The van der Waals surface area contributed by atoms with Gasteiger partial charge in [-0.2, -0.15) is 4.98 Å². The van der Waals surface area contributed by atoms with E-state index >= 15 is 0 Å². The number of ether oxygens (including phenoxy) is 2. The highest BCUT2D eigenvalue weighted by Crippen LogP contribution is 2.34. The first-order valence-electron chi connectivity index (χ1n) is 11.4. The highest BCUT2D eigenvalue weighted by atomic mass is 16.5. The Morgan fingerprint density at radius 3 is 2.77 bits per heavy atom. The van der Waals surface area contributed by atoms with Crippen LogP contribution in [0.5, 0.6) is 5.75 Å². The normalized spacial score (nSPS) is 22.6. The molecule has 0 saturated carbocycles. The number of methoxy groups -OCH3 is 1. The number of nitrogens with one attached hydrogen (secondary N) is 2. The highest BCUT2D eigenvalue weighted by Gasteiger charge is 2.41. The molecule has 168 valence electrons. The molecule has 8 nitrogen and oxygen atoms in total. The molecule has 8 heteroatoms. The van der Waals surface area contributed by atoms with Crippen LogP contribution in [0.1, 0.15) is 51.3 Å². The zero-order valence-corrected chi connectivity index (χ0v) is 18.5. The van der Waals surface area contributed by atoms with Crippen LogP contribution in [0.4, 0.5) is 0 Å². The van der Waals surface area contributed by atoms with Crippen LogP contribution >= 0.6 is 0 Å². The predicted octanol–water partition coefficient (Wildman–Crippen LogP) is 3.33. The third-order valence-electron chi connectivity index (χ3n) is 5.91. The van der Waals surface area contributed by atoms with E-state index in [1.165, 1.54) is 6.42 Å². The Labute approximate surface area is 183 Å². The van der Waals surface area contributed by atoms with E-state index < -0.39 is 0 Å². The molecule has 0 spiro atoms. The van der Waals surface area contributed by atoms with Crippen LogP contribution in [0, 0.1) is 0 Å². The number of hydrogen-bond acceptors (Lipinski definition) is 6. The molecule has 3 heterocycles. The zero-order chi connectivity index (χ0) is 21.5. The molecule has 3 atom stereocenters. The Balaban J connectivity index is 1.17. The average molecular weight is 428 g/mol. The van der Waals surface area contributed by atoms with Gasteiger partial charge in [0.1, 0.15) is 5.75 Å². The lowest BCUT2D eigenvalue weighted by molar-refractivity contribution is 0.0992. The van der Waals surface area contributed by atoms with E-state index in [9.17, 15) is 0 Å². The van der Waals surface area contributed by atoms with Gasteiger partial charge in [0.15, 0.2) is 5.96 Å². The summed E-state index contributed by atoms with van der Waals surface area (Å²) in [5.74, 6) is 3.02. The van der Waals surface area contributed by atoms with E-state index in [-0.39, 0.29) is 0 Å².